The molecule has 1 N–H and O–H groups in total. The fraction of sp³-hybridized carbons (Fsp3) is 0.600. The normalized spacial score (nSPS) is 21.4. The van der Waals surface area contributed by atoms with Crippen molar-refractivity contribution in [2.45, 2.75) is 39.2 Å². The van der Waals surface area contributed by atoms with Gasteiger partial charge in [-0.05, 0) is 82.8 Å². The van der Waals surface area contributed by atoms with E-state index in [1.54, 1.807) is 0 Å². The largest absolute Gasteiger partial charge is 0.317 e. The van der Waals surface area contributed by atoms with E-state index < -0.39 is 0 Å². The minimum atomic E-state index is 0.937. The number of likely N-dealkylation sites (tertiary alicyclic amines) is 1. The molecule has 2 saturated heterocycles. The van der Waals surface area contributed by atoms with E-state index in [9.17, 15) is 0 Å². The van der Waals surface area contributed by atoms with Crippen molar-refractivity contribution in [3.8, 4) is 0 Å². The van der Waals surface area contributed by atoms with Crippen molar-refractivity contribution in [3.63, 3.8) is 0 Å². The number of aromatic nitrogens is 2. The second-order valence-electron chi connectivity index (χ2n) is 7.45. The third-order valence-corrected chi connectivity index (χ3v) is 5.90. The van der Waals surface area contributed by atoms with Crippen LogP contribution in [-0.4, -0.2) is 41.0 Å². The topological polar surface area (TPSA) is 41.1 Å². The van der Waals surface area contributed by atoms with Crippen molar-refractivity contribution < 1.29 is 0 Å². The lowest BCUT2D eigenvalue weighted by molar-refractivity contribution is 0.125. The maximum atomic E-state index is 4.87. The fourth-order valence-corrected chi connectivity index (χ4v) is 4.38. The number of benzene rings is 1. The molecule has 2 aliphatic rings. The molecule has 1 aromatic carbocycles. The van der Waals surface area contributed by atoms with Crippen molar-refractivity contribution in [2.75, 3.05) is 26.2 Å². The summed E-state index contributed by atoms with van der Waals surface area (Å²) < 4.78 is 0. The lowest BCUT2D eigenvalue weighted by atomic mass is 9.79. The van der Waals surface area contributed by atoms with Gasteiger partial charge in [-0.1, -0.05) is 12.1 Å². The summed E-state index contributed by atoms with van der Waals surface area (Å²) in [4.78, 5) is 12.2. The van der Waals surface area contributed by atoms with Gasteiger partial charge in [0, 0.05) is 6.54 Å². The van der Waals surface area contributed by atoms with Gasteiger partial charge in [-0.15, -0.1) is 0 Å². The van der Waals surface area contributed by atoms with Gasteiger partial charge in [-0.2, -0.15) is 0 Å². The van der Waals surface area contributed by atoms with Gasteiger partial charge in [0.1, 0.15) is 0 Å². The summed E-state index contributed by atoms with van der Waals surface area (Å²) >= 11 is 0. The minimum Gasteiger partial charge on any atom is -0.317 e. The summed E-state index contributed by atoms with van der Waals surface area (Å²) in [6, 6.07) is 8.18. The van der Waals surface area contributed by atoms with Crippen molar-refractivity contribution in [3.05, 3.63) is 35.7 Å². The highest BCUT2D eigenvalue weighted by Gasteiger charge is 2.27. The van der Waals surface area contributed by atoms with E-state index in [0.717, 1.165) is 40.8 Å². The van der Waals surface area contributed by atoms with E-state index in [2.05, 4.69) is 23.2 Å². The number of aryl methyl sites for hydroxylation is 1. The number of hydrogen-bond acceptors (Lipinski definition) is 4. The molecule has 0 radical (unpaired) electrons. The van der Waals surface area contributed by atoms with E-state index >= 15 is 0 Å². The zero-order chi connectivity index (χ0) is 16.4. The van der Waals surface area contributed by atoms with Crippen LogP contribution in [0.4, 0.5) is 0 Å². The Balaban J connectivity index is 1.39. The molecule has 0 bridgehead atoms. The van der Waals surface area contributed by atoms with Crippen molar-refractivity contribution in [1.29, 1.82) is 0 Å². The SMILES string of the molecule is Cc1nc2ccccc2nc1CN1CCC(C2CCNCC2)CC1. The van der Waals surface area contributed by atoms with Crippen LogP contribution in [0.5, 0.6) is 0 Å². The average molecular weight is 324 g/mol. The fourth-order valence-electron chi connectivity index (χ4n) is 4.38. The summed E-state index contributed by atoms with van der Waals surface area (Å²) in [7, 11) is 0. The predicted octanol–water partition coefficient (Wildman–Crippen LogP) is 3.15. The van der Waals surface area contributed by atoms with Crippen LogP contribution in [0.3, 0.4) is 0 Å². The predicted molar refractivity (Wildman–Crippen MR) is 97.9 cm³/mol. The van der Waals surface area contributed by atoms with Gasteiger partial charge in [-0.25, -0.2) is 9.97 Å². The Morgan fingerprint density at radius 2 is 1.58 bits per heavy atom. The Hall–Kier alpha value is -1.52. The molecule has 0 spiro atoms. The van der Waals surface area contributed by atoms with E-state index in [-0.39, 0.29) is 0 Å². The summed E-state index contributed by atoms with van der Waals surface area (Å²) in [6.45, 7) is 7.90. The summed E-state index contributed by atoms with van der Waals surface area (Å²) in [5, 5.41) is 3.49. The van der Waals surface area contributed by atoms with Gasteiger partial charge < -0.3 is 5.32 Å². The van der Waals surface area contributed by atoms with Gasteiger partial charge in [0.05, 0.1) is 22.4 Å². The molecule has 0 saturated carbocycles. The zero-order valence-electron chi connectivity index (χ0n) is 14.7. The van der Waals surface area contributed by atoms with Crippen LogP contribution in [0.1, 0.15) is 37.1 Å². The van der Waals surface area contributed by atoms with Crippen LogP contribution in [-0.2, 0) is 6.54 Å². The van der Waals surface area contributed by atoms with E-state index in [4.69, 9.17) is 9.97 Å². The van der Waals surface area contributed by atoms with E-state index in [1.807, 2.05) is 18.2 Å². The second-order valence-corrected chi connectivity index (χ2v) is 7.45. The smallest absolute Gasteiger partial charge is 0.0890 e. The molecule has 4 rings (SSSR count). The van der Waals surface area contributed by atoms with E-state index in [0.29, 0.717) is 0 Å². The first kappa shape index (κ1) is 16.0. The Bertz CT molecular complexity index is 685. The molecule has 2 aromatic rings. The Morgan fingerprint density at radius 3 is 2.29 bits per heavy atom. The number of piperidine rings is 2. The highest BCUT2D eigenvalue weighted by atomic mass is 15.1. The van der Waals surface area contributed by atoms with Crippen LogP contribution in [0.25, 0.3) is 11.0 Å². The molecule has 128 valence electrons. The summed E-state index contributed by atoms with van der Waals surface area (Å²) in [5.41, 5.74) is 4.24. The van der Waals surface area contributed by atoms with Crippen LogP contribution in [0, 0.1) is 18.8 Å². The third-order valence-electron chi connectivity index (χ3n) is 5.90. The maximum absolute atomic E-state index is 4.87. The van der Waals surface area contributed by atoms with Gasteiger partial charge in [0.25, 0.3) is 0 Å². The highest BCUT2D eigenvalue weighted by molar-refractivity contribution is 5.74. The molecule has 0 atom stereocenters. The van der Waals surface area contributed by atoms with E-state index in [1.165, 1.54) is 51.9 Å². The Kier molecular flexibility index (Phi) is 4.76. The van der Waals surface area contributed by atoms with Gasteiger partial charge >= 0.3 is 0 Å². The number of hydrogen-bond donors (Lipinski definition) is 1. The lowest BCUT2D eigenvalue weighted by Crippen LogP contribution is -2.39. The third kappa shape index (κ3) is 3.45. The Labute approximate surface area is 144 Å². The quantitative estimate of drug-likeness (QED) is 0.942. The molecular weight excluding hydrogens is 296 g/mol. The molecular formula is C20H28N4. The maximum Gasteiger partial charge on any atom is 0.0890 e. The molecule has 1 aromatic heterocycles. The number of nitrogens with one attached hydrogen (secondary N) is 1. The first-order valence-electron chi connectivity index (χ1n) is 9.45. The second kappa shape index (κ2) is 7.16. The number of rotatable bonds is 3. The number of para-hydroxylation sites is 2. The number of fused-ring (bicyclic) bond motifs is 1. The van der Waals surface area contributed by atoms with Gasteiger partial charge in [-0.3, -0.25) is 4.90 Å². The first-order chi connectivity index (χ1) is 11.8. The van der Waals surface area contributed by atoms with Gasteiger partial charge in [0.15, 0.2) is 0 Å². The summed E-state index contributed by atoms with van der Waals surface area (Å²) in [6.07, 6.45) is 5.45. The molecule has 2 fully saturated rings. The molecule has 0 amide bonds. The monoisotopic (exact) mass is 324 g/mol. The minimum absolute atomic E-state index is 0.937. The molecule has 3 heterocycles. The molecule has 0 unspecified atom stereocenters. The molecule has 24 heavy (non-hydrogen) atoms. The molecule has 2 aliphatic heterocycles. The molecule has 0 aliphatic carbocycles. The molecule has 4 heteroatoms. The van der Waals surface area contributed by atoms with Crippen molar-refractivity contribution in [2.24, 2.45) is 11.8 Å². The van der Waals surface area contributed by atoms with Gasteiger partial charge in [0.2, 0.25) is 0 Å². The van der Waals surface area contributed by atoms with Crippen molar-refractivity contribution >= 4 is 11.0 Å². The number of nitrogens with zero attached hydrogens (tertiary/aromatic N) is 3. The van der Waals surface area contributed by atoms with Crippen LogP contribution in [0.15, 0.2) is 24.3 Å². The summed E-state index contributed by atoms with van der Waals surface area (Å²) in [5.74, 6) is 1.89. The van der Waals surface area contributed by atoms with Crippen LogP contribution in [0.2, 0.25) is 0 Å². The average Bonchev–Trinajstić information content (AvgIpc) is 2.64. The van der Waals surface area contributed by atoms with Crippen LogP contribution >= 0.6 is 0 Å². The first-order valence-corrected chi connectivity index (χ1v) is 9.45. The zero-order valence-corrected chi connectivity index (χ0v) is 14.7. The lowest BCUT2D eigenvalue weighted by Gasteiger charge is -2.37. The van der Waals surface area contributed by atoms with Crippen LogP contribution < -0.4 is 5.32 Å². The van der Waals surface area contributed by atoms with Crippen molar-refractivity contribution in [1.82, 2.24) is 20.2 Å². The molecule has 4 nitrogen and oxygen atoms in total. The Morgan fingerprint density at radius 1 is 0.958 bits per heavy atom. The standard InChI is InChI=1S/C20H28N4/c1-15-20(23-19-5-3-2-4-18(19)22-15)14-24-12-8-17(9-13-24)16-6-10-21-11-7-16/h2-5,16-17,21H,6-14H2,1H3. The highest BCUT2D eigenvalue weighted by Crippen LogP contribution is 2.31.